The molecule has 110 valence electrons. The van der Waals surface area contributed by atoms with Crippen LogP contribution >= 0.6 is 0 Å². The highest BCUT2D eigenvalue weighted by Crippen LogP contribution is 2.26. The summed E-state index contributed by atoms with van der Waals surface area (Å²) in [4.78, 5) is 0. The third-order valence-corrected chi connectivity index (χ3v) is 4.00. The van der Waals surface area contributed by atoms with Gasteiger partial charge in [-0.2, -0.15) is 0 Å². The number of rotatable bonds is 3. The molecule has 0 saturated carbocycles. The van der Waals surface area contributed by atoms with Crippen LogP contribution in [0.2, 0.25) is 0 Å². The van der Waals surface area contributed by atoms with Crippen LogP contribution in [0.25, 0.3) is 22.3 Å². The SMILES string of the molecule is Cc1ccc(-c2ccc(-c3ccc(C(C)O)cc3)cc2)cc1. The summed E-state index contributed by atoms with van der Waals surface area (Å²) in [7, 11) is 0. The summed E-state index contributed by atoms with van der Waals surface area (Å²) in [5.74, 6) is 0. The van der Waals surface area contributed by atoms with Gasteiger partial charge in [0.1, 0.15) is 0 Å². The van der Waals surface area contributed by atoms with E-state index in [0.717, 1.165) is 5.56 Å². The van der Waals surface area contributed by atoms with Crippen LogP contribution in [0.5, 0.6) is 0 Å². The number of benzene rings is 3. The van der Waals surface area contributed by atoms with Gasteiger partial charge in [0.25, 0.3) is 0 Å². The van der Waals surface area contributed by atoms with Crippen molar-refractivity contribution in [2.75, 3.05) is 0 Å². The number of aliphatic hydroxyl groups is 1. The van der Waals surface area contributed by atoms with Gasteiger partial charge in [-0.15, -0.1) is 0 Å². The second-order valence-electron chi connectivity index (χ2n) is 5.74. The van der Waals surface area contributed by atoms with Gasteiger partial charge in [-0.1, -0.05) is 78.4 Å². The Morgan fingerprint density at radius 3 is 1.27 bits per heavy atom. The summed E-state index contributed by atoms with van der Waals surface area (Å²) in [5, 5.41) is 9.57. The van der Waals surface area contributed by atoms with Crippen molar-refractivity contribution in [3.8, 4) is 22.3 Å². The first kappa shape index (κ1) is 14.6. The Kier molecular flexibility index (Phi) is 4.08. The second-order valence-corrected chi connectivity index (χ2v) is 5.74. The Labute approximate surface area is 131 Å². The van der Waals surface area contributed by atoms with Crippen molar-refractivity contribution in [2.45, 2.75) is 20.0 Å². The normalized spacial score (nSPS) is 12.1. The number of hydrogen-bond acceptors (Lipinski definition) is 1. The average Bonchev–Trinajstić information content (AvgIpc) is 2.56. The van der Waals surface area contributed by atoms with Crippen molar-refractivity contribution in [2.24, 2.45) is 0 Å². The molecule has 3 aromatic carbocycles. The highest BCUT2D eigenvalue weighted by molar-refractivity contribution is 5.70. The van der Waals surface area contributed by atoms with Crippen LogP contribution < -0.4 is 0 Å². The molecular formula is C21H20O. The van der Waals surface area contributed by atoms with Gasteiger partial charge in [0, 0.05) is 0 Å². The van der Waals surface area contributed by atoms with E-state index in [4.69, 9.17) is 0 Å². The fourth-order valence-electron chi connectivity index (χ4n) is 2.56. The van der Waals surface area contributed by atoms with E-state index in [9.17, 15) is 5.11 Å². The van der Waals surface area contributed by atoms with Crippen molar-refractivity contribution in [1.29, 1.82) is 0 Å². The van der Waals surface area contributed by atoms with Crippen LogP contribution in [-0.4, -0.2) is 5.11 Å². The number of hydrogen-bond donors (Lipinski definition) is 1. The molecule has 0 fully saturated rings. The molecule has 0 radical (unpaired) electrons. The van der Waals surface area contributed by atoms with Crippen molar-refractivity contribution in [1.82, 2.24) is 0 Å². The molecule has 3 rings (SSSR count). The zero-order valence-corrected chi connectivity index (χ0v) is 13.0. The van der Waals surface area contributed by atoms with Gasteiger partial charge in [-0.25, -0.2) is 0 Å². The largest absolute Gasteiger partial charge is 0.389 e. The Bertz CT molecular complexity index is 735. The molecule has 22 heavy (non-hydrogen) atoms. The van der Waals surface area contributed by atoms with Crippen LogP contribution in [0.1, 0.15) is 24.2 Å². The monoisotopic (exact) mass is 288 g/mol. The van der Waals surface area contributed by atoms with Crippen molar-refractivity contribution >= 4 is 0 Å². The van der Waals surface area contributed by atoms with Crippen LogP contribution in [0.3, 0.4) is 0 Å². The zero-order valence-electron chi connectivity index (χ0n) is 13.0. The summed E-state index contributed by atoms with van der Waals surface area (Å²) in [5.41, 5.74) is 7.04. The lowest BCUT2D eigenvalue weighted by molar-refractivity contribution is 0.199. The molecular weight excluding hydrogens is 268 g/mol. The third kappa shape index (κ3) is 3.10. The maximum absolute atomic E-state index is 9.57. The quantitative estimate of drug-likeness (QED) is 0.685. The van der Waals surface area contributed by atoms with Crippen LogP contribution in [0.4, 0.5) is 0 Å². The lowest BCUT2D eigenvalue weighted by Crippen LogP contribution is -1.90. The molecule has 0 bridgehead atoms. The topological polar surface area (TPSA) is 20.2 Å². The zero-order chi connectivity index (χ0) is 15.5. The first-order valence-electron chi connectivity index (χ1n) is 7.59. The first-order chi connectivity index (χ1) is 10.6. The van der Waals surface area contributed by atoms with E-state index in [1.54, 1.807) is 6.92 Å². The maximum atomic E-state index is 9.57. The van der Waals surface area contributed by atoms with Crippen LogP contribution in [-0.2, 0) is 0 Å². The minimum Gasteiger partial charge on any atom is -0.389 e. The molecule has 0 amide bonds. The predicted molar refractivity (Wildman–Crippen MR) is 92.7 cm³/mol. The van der Waals surface area contributed by atoms with Gasteiger partial charge in [0.2, 0.25) is 0 Å². The molecule has 0 aromatic heterocycles. The molecule has 0 saturated heterocycles. The molecule has 1 N–H and O–H groups in total. The number of aliphatic hydroxyl groups excluding tert-OH is 1. The molecule has 1 unspecified atom stereocenters. The summed E-state index contributed by atoms with van der Waals surface area (Å²) < 4.78 is 0. The minimum absolute atomic E-state index is 0.419. The van der Waals surface area contributed by atoms with Gasteiger partial charge in [0.05, 0.1) is 6.10 Å². The molecule has 0 heterocycles. The molecule has 0 spiro atoms. The highest BCUT2D eigenvalue weighted by atomic mass is 16.3. The predicted octanol–water partition coefficient (Wildman–Crippen LogP) is 5.38. The Balaban J connectivity index is 1.86. The molecule has 0 aliphatic heterocycles. The Morgan fingerprint density at radius 2 is 0.909 bits per heavy atom. The van der Waals surface area contributed by atoms with Crippen molar-refractivity contribution in [3.05, 3.63) is 83.9 Å². The molecule has 3 aromatic rings. The van der Waals surface area contributed by atoms with Crippen molar-refractivity contribution in [3.63, 3.8) is 0 Å². The molecule has 1 atom stereocenters. The summed E-state index contributed by atoms with van der Waals surface area (Å²) >= 11 is 0. The first-order valence-corrected chi connectivity index (χ1v) is 7.59. The van der Waals surface area contributed by atoms with E-state index in [0.29, 0.717) is 0 Å². The molecule has 1 nitrogen and oxygen atoms in total. The maximum Gasteiger partial charge on any atom is 0.0761 e. The minimum atomic E-state index is -0.419. The smallest absolute Gasteiger partial charge is 0.0761 e. The molecule has 0 aliphatic carbocycles. The van der Waals surface area contributed by atoms with E-state index in [2.05, 4.69) is 67.6 Å². The molecule has 0 aliphatic rings. The van der Waals surface area contributed by atoms with E-state index in [1.165, 1.54) is 27.8 Å². The van der Waals surface area contributed by atoms with Gasteiger partial charge < -0.3 is 5.11 Å². The third-order valence-electron chi connectivity index (χ3n) is 4.00. The van der Waals surface area contributed by atoms with E-state index in [1.807, 2.05) is 12.1 Å². The standard InChI is InChI=1S/C21H20O/c1-15-3-5-18(6-4-15)20-11-13-21(14-12-20)19-9-7-17(8-10-19)16(2)22/h3-14,16,22H,1-2H3. The summed E-state index contributed by atoms with van der Waals surface area (Å²) in [6.45, 7) is 3.88. The molecule has 1 heteroatoms. The Hall–Kier alpha value is -2.38. The lowest BCUT2D eigenvalue weighted by Gasteiger charge is -2.08. The lowest BCUT2D eigenvalue weighted by atomic mass is 9.98. The van der Waals surface area contributed by atoms with Gasteiger partial charge in [0.15, 0.2) is 0 Å². The van der Waals surface area contributed by atoms with Gasteiger partial charge in [-0.05, 0) is 41.7 Å². The van der Waals surface area contributed by atoms with Crippen molar-refractivity contribution < 1.29 is 5.11 Å². The fourth-order valence-corrected chi connectivity index (χ4v) is 2.56. The second kappa shape index (κ2) is 6.17. The van der Waals surface area contributed by atoms with E-state index >= 15 is 0 Å². The average molecular weight is 288 g/mol. The van der Waals surface area contributed by atoms with E-state index in [-0.39, 0.29) is 0 Å². The summed E-state index contributed by atoms with van der Waals surface area (Å²) in [6.07, 6.45) is -0.419. The van der Waals surface area contributed by atoms with Crippen LogP contribution in [0.15, 0.2) is 72.8 Å². The van der Waals surface area contributed by atoms with E-state index < -0.39 is 6.10 Å². The summed E-state index contributed by atoms with van der Waals surface area (Å²) in [6, 6.07) is 25.3. The number of aryl methyl sites for hydroxylation is 1. The Morgan fingerprint density at radius 1 is 0.591 bits per heavy atom. The van der Waals surface area contributed by atoms with Gasteiger partial charge in [-0.3, -0.25) is 0 Å². The fraction of sp³-hybridized carbons (Fsp3) is 0.143. The van der Waals surface area contributed by atoms with Crippen LogP contribution in [0, 0.1) is 6.92 Å². The van der Waals surface area contributed by atoms with Gasteiger partial charge >= 0.3 is 0 Å². The highest BCUT2D eigenvalue weighted by Gasteiger charge is 2.03.